The number of hydrogen-bond donors (Lipinski definition) is 2. The summed E-state index contributed by atoms with van der Waals surface area (Å²) in [6, 6.07) is 11.8. The zero-order valence-corrected chi connectivity index (χ0v) is 14.8. The van der Waals surface area contributed by atoms with Crippen molar-refractivity contribution in [2.24, 2.45) is 0 Å². The number of benzene rings is 1. The molecule has 0 aliphatic carbocycles. The molecule has 0 spiro atoms. The van der Waals surface area contributed by atoms with Gasteiger partial charge in [0.25, 0.3) is 0 Å². The summed E-state index contributed by atoms with van der Waals surface area (Å²) >= 11 is 0. The van der Waals surface area contributed by atoms with Crippen LogP contribution in [0.3, 0.4) is 0 Å². The Hall–Kier alpha value is -0.860. The van der Waals surface area contributed by atoms with Gasteiger partial charge in [-0.05, 0) is 44.6 Å². The molecule has 1 heterocycles. The van der Waals surface area contributed by atoms with Crippen molar-refractivity contribution >= 4 is 0 Å². The Morgan fingerprint density at radius 2 is 1.57 bits per heavy atom. The number of unbranched alkanes of at least 4 members (excludes halogenated alkanes) is 6. The van der Waals surface area contributed by atoms with Crippen LogP contribution in [0.25, 0.3) is 0 Å². The van der Waals surface area contributed by atoms with E-state index in [1.165, 1.54) is 63.4 Å². The van der Waals surface area contributed by atoms with Gasteiger partial charge in [-0.25, -0.2) is 0 Å². The van der Waals surface area contributed by atoms with Gasteiger partial charge in [0.1, 0.15) is 0 Å². The quantitative estimate of drug-likeness (QED) is 0.605. The summed E-state index contributed by atoms with van der Waals surface area (Å²) < 4.78 is 0. The fourth-order valence-corrected chi connectivity index (χ4v) is 3.66. The van der Waals surface area contributed by atoms with E-state index in [0.717, 1.165) is 12.8 Å². The van der Waals surface area contributed by atoms with E-state index in [4.69, 9.17) is 0 Å². The van der Waals surface area contributed by atoms with Crippen molar-refractivity contribution in [1.82, 2.24) is 5.32 Å². The van der Waals surface area contributed by atoms with E-state index >= 15 is 0 Å². The van der Waals surface area contributed by atoms with Crippen LogP contribution in [0.4, 0.5) is 0 Å². The third-order valence-corrected chi connectivity index (χ3v) is 5.25. The van der Waals surface area contributed by atoms with Crippen molar-refractivity contribution in [2.75, 3.05) is 0 Å². The second-order valence-electron chi connectivity index (χ2n) is 7.30. The van der Waals surface area contributed by atoms with E-state index in [1.807, 2.05) is 0 Å². The van der Waals surface area contributed by atoms with E-state index in [0.29, 0.717) is 6.04 Å². The number of piperidine rings is 1. The highest BCUT2D eigenvalue weighted by Gasteiger charge is 2.24. The summed E-state index contributed by atoms with van der Waals surface area (Å²) in [5, 5.41) is 13.3. The van der Waals surface area contributed by atoms with Gasteiger partial charge in [0.2, 0.25) is 0 Å². The minimum Gasteiger partial charge on any atom is -0.392 e. The second-order valence-corrected chi connectivity index (χ2v) is 7.30. The highest BCUT2D eigenvalue weighted by molar-refractivity contribution is 5.14. The predicted octanol–water partition coefficient (Wildman–Crippen LogP) is 4.85. The van der Waals surface area contributed by atoms with Gasteiger partial charge in [-0.1, -0.05) is 68.9 Å². The number of nitrogens with one attached hydrogen (secondary N) is 1. The summed E-state index contributed by atoms with van der Waals surface area (Å²) in [7, 11) is 0. The average molecular weight is 318 g/mol. The van der Waals surface area contributed by atoms with Crippen molar-refractivity contribution in [3.05, 3.63) is 35.9 Å². The Labute approximate surface area is 142 Å². The lowest BCUT2D eigenvalue weighted by Crippen LogP contribution is -2.48. The van der Waals surface area contributed by atoms with Crippen molar-refractivity contribution in [1.29, 1.82) is 0 Å². The number of aliphatic hydroxyl groups excluding tert-OH is 1. The van der Waals surface area contributed by atoms with Crippen LogP contribution >= 0.6 is 0 Å². The molecule has 1 aromatic carbocycles. The lowest BCUT2D eigenvalue weighted by molar-refractivity contribution is 0.0849. The topological polar surface area (TPSA) is 32.3 Å². The van der Waals surface area contributed by atoms with Crippen LogP contribution in [-0.2, 0) is 6.42 Å². The van der Waals surface area contributed by atoms with Crippen molar-refractivity contribution in [3.8, 4) is 0 Å². The number of aryl methyl sites for hydroxylation is 1. The van der Waals surface area contributed by atoms with Gasteiger partial charge < -0.3 is 10.4 Å². The first-order chi connectivity index (χ1) is 11.3. The molecule has 2 nitrogen and oxygen atoms in total. The molecule has 2 heteroatoms. The Morgan fingerprint density at radius 3 is 2.26 bits per heavy atom. The zero-order valence-electron chi connectivity index (χ0n) is 14.8. The van der Waals surface area contributed by atoms with Gasteiger partial charge in [-0.2, -0.15) is 0 Å². The number of hydrogen-bond acceptors (Lipinski definition) is 2. The molecule has 1 saturated heterocycles. The summed E-state index contributed by atoms with van der Waals surface area (Å²) in [5.41, 5.74) is 1.48. The lowest BCUT2D eigenvalue weighted by Gasteiger charge is -2.32. The van der Waals surface area contributed by atoms with Crippen LogP contribution in [-0.4, -0.2) is 23.3 Å². The van der Waals surface area contributed by atoms with E-state index in [1.54, 1.807) is 0 Å². The third kappa shape index (κ3) is 7.50. The largest absolute Gasteiger partial charge is 0.392 e. The normalized spacial score (nSPS) is 24.7. The number of rotatable bonds is 10. The fraction of sp³-hybridized carbons (Fsp3) is 0.714. The fourth-order valence-electron chi connectivity index (χ4n) is 3.66. The Balaban J connectivity index is 1.38. The monoisotopic (exact) mass is 317 g/mol. The minimum atomic E-state index is -0.137. The summed E-state index contributed by atoms with van der Waals surface area (Å²) in [5.74, 6) is 0. The Bertz CT molecular complexity index is 406. The van der Waals surface area contributed by atoms with Gasteiger partial charge in [0.15, 0.2) is 0 Å². The van der Waals surface area contributed by atoms with Crippen LogP contribution in [0.5, 0.6) is 0 Å². The first-order valence-corrected chi connectivity index (χ1v) is 9.74. The van der Waals surface area contributed by atoms with Gasteiger partial charge >= 0.3 is 0 Å². The molecule has 0 bridgehead atoms. The highest BCUT2D eigenvalue weighted by atomic mass is 16.3. The minimum absolute atomic E-state index is 0.137. The molecular formula is C21H35NO. The van der Waals surface area contributed by atoms with Crippen LogP contribution in [0.1, 0.15) is 76.7 Å². The molecule has 23 heavy (non-hydrogen) atoms. The van der Waals surface area contributed by atoms with Crippen molar-refractivity contribution in [3.63, 3.8) is 0 Å². The van der Waals surface area contributed by atoms with Gasteiger partial charge in [0, 0.05) is 12.1 Å². The first kappa shape index (κ1) is 18.5. The molecule has 130 valence electrons. The predicted molar refractivity (Wildman–Crippen MR) is 98.7 cm³/mol. The first-order valence-electron chi connectivity index (χ1n) is 9.74. The Morgan fingerprint density at radius 1 is 0.913 bits per heavy atom. The molecule has 3 atom stereocenters. The molecular weight excluding hydrogens is 282 g/mol. The molecule has 0 saturated carbocycles. The highest BCUT2D eigenvalue weighted by Crippen LogP contribution is 2.18. The van der Waals surface area contributed by atoms with Crippen LogP contribution in [0, 0.1) is 0 Å². The molecule has 1 aliphatic rings. The van der Waals surface area contributed by atoms with E-state index in [9.17, 15) is 5.11 Å². The van der Waals surface area contributed by atoms with Crippen LogP contribution < -0.4 is 5.32 Å². The molecule has 0 amide bonds. The summed E-state index contributed by atoms with van der Waals surface area (Å²) in [6.45, 7) is 2.10. The maximum Gasteiger partial charge on any atom is 0.0691 e. The summed E-state index contributed by atoms with van der Waals surface area (Å²) in [4.78, 5) is 0. The molecule has 0 aromatic heterocycles. The van der Waals surface area contributed by atoms with Crippen LogP contribution in [0.2, 0.25) is 0 Å². The van der Waals surface area contributed by atoms with Crippen molar-refractivity contribution in [2.45, 2.75) is 95.7 Å². The SMILES string of the molecule is C[C@H]1N[C@@H](CCCCCCCCCc2ccccc2)CC[C@H]1O. The van der Waals surface area contributed by atoms with Crippen LogP contribution in [0.15, 0.2) is 30.3 Å². The lowest BCUT2D eigenvalue weighted by atomic mass is 9.93. The number of aliphatic hydroxyl groups is 1. The maximum atomic E-state index is 9.72. The molecule has 2 rings (SSSR count). The molecule has 1 aliphatic heterocycles. The van der Waals surface area contributed by atoms with Crippen molar-refractivity contribution < 1.29 is 5.11 Å². The average Bonchev–Trinajstić information content (AvgIpc) is 2.57. The zero-order chi connectivity index (χ0) is 16.3. The van der Waals surface area contributed by atoms with Gasteiger partial charge in [-0.15, -0.1) is 0 Å². The maximum absolute atomic E-state index is 9.72. The molecule has 2 N–H and O–H groups in total. The van der Waals surface area contributed by atoms with E-state index < -0.39 is 0 Å². The van der Waals surface area contributed by atoms with Gasteiger partial charge in [0.05, 0.1) is 6.10 Å². The standard InChI is InChI=1S/C21H35NO/c1-18-21(23)17-16-20(22-18)15-11-6-4-2-3-5-8-12-19-13-9-7-10-14-19/h7,9-10,13-14,18,20-23H,2-6,8,11-12,15-17H2,1H3/t18-,20+,21-/m1/s1. The third-order valence-electron chi connectivity index (χ3n) is 5.25. The molecule has 1 aromatic rings. The molecule has 0 radical (unpaired) electrons. The Kier molecular flexibility index (Phi) is 8.70. The van der Waals surface area contributed by atoms with E-state index in [-0.39, 0.29) is 12.1 Å². The molecule has 0 unspecified atom stereocenters. The second kappa shape index (κ2) is 10.8. The summed E-state index contributed by atoms with van der Waals surface area (Å²) in [6.07, 6.45) is 14.1. The molecule has 1 fully saturated rings. The van der Waals surface area contributed by atoms with Gasteiger partial charge in [-0.3, -0.25) is 0 Å². The smallest absolute Gasteiger partial charge is 0.0691 e. The van der Waals surface area contributed by atoms with E-state index in [2.05, 4.69) is 42.6 Å².